The Balaban J connectivity index is 2.41. The van der Waals surface area contributed by atoms with Crippen LogP contribution in [0.5, 0.6) is 0 Å². The summed E-state index contributed by atoms with van der Waals surface area (Å²) in [5.41, 5.74) is 5.80. The molecule has 1 heterocycles. The van der Waals surface area contributed by atoms with E-state index < -0.39 is 0 Å². The second-order valence-corrected chi connectivity index (χ2v) is 4.16. The number of nitrogens with two attached hydrogens (primary N) is 1. The Kier molecular flexibility index (Phi) is 5.22. The number of hydrogen-bond acceptors (Lipinski definition) is 3. The van der Waals surface area contributed by atoms with Crippen molar-refractivity contribution < 1.29 is 4.79 Å². The van der Waals surface area contributed by atoms with Crippen LogP contribution in [0.4, 0.5) is 0 Å². The molecule has 0 unspecified atom stereocenters. The lowest BCUT2D eigenvalue weighted by Gasteiger charge is -2.23. The van der Waals surface area contributed by atoms with E-state index in [0.29, 0.717) is 19.6 Å². The van der Waals surface area contributed by atoms with Gasteiger partial charge in [-0.15, -0.1) is 13.2 Å². The zero-order chi connectivity index (χ0) is 12.0. The normalized spacial score (nSPS) is 20.7. The third-order valence-electron chi connectivity index (χ3n) is 2.72. The van der Waals surface area contributed by atoms with Crippen LogP contribution in [-0.2, 0) is 4.79 Å². The first-order chi connectivity index (χ1) is 7.67. The first kappa shape index (κ1) is 12.9. The molecule has 0 aromatic rings. The van der Waals surface area contributed by atoms with E-state index in [4.69, 9.17) is 5.73 Å². The van der Waals surface area contributed by atoms with Gasteiger partial charge in [-0.2, -0.15) is 0 Å². The van der Waals surface area contributed by atoms with Crippen molar-refractivity contribution in [1.29, 1.82) is 0 Å². The molecular weight excluding hydrogens is 202 g/mol. The lowest BCUT2D eigenvalue weighted by molar-refractivity contribution is -0.131. The zero-order valence-electron chi connectivity index (χ0n) is 9.77. The minimum Gasteiger partial charge on any atom is -0.334 e. The SMILES string of the molecule is C=CCN(CC=C)C(=O)CN1CC[C@@H](N)C1. The van der Waals surface area contributed by atoms with E-state index >= 15 is 0 Å². The Morgan fingerprint density at radius 3 is 2.50 bits per heavy atom. The van der Waals surface area contributed by atoms with Crippen LogP contribution in [0.2, 0.25) is 0 Å². The van der Waals surface area contributed by atoms with Crippen LogP contribution in [0.1, 0.15) is 6.42 Å². The molecule has 4 heteroatoms. The molecule has 0 aromatic heterocycles. The molecule has 0 bridgehead atoms. The maximum Gasteiger partial charge on any atom is 0.237 e. The molecule has 0 radical (unpaired) electrons. The topological polar surface area (TPSA) is 49.6 Å². The molecule has 4 nitrogen and oxygen atoms in total. The van der Waals surface area contributed by atoms with Crippen molar-refractivity contribution in [3.05, 3.63) is 25.3 Å². The molecule has 1 rings (SSSR count). The van der Waals surface area contributed by atoms with E-state index in [1.165, 1.54) is 0 Å². The van der Waals surface area contributed by atoms with E-state index in [1.54, 1.807) is 17.1 Å². The number of amides is 1. The number of carbonyl (C=O) groups is 1. The molecule has 90 valence electrons. The summed E-state index contributed by atoms with van der Waals surface area (Å²) in [6, 6.07) is 0.222. The average molecular weight is 223 g/mol. The Hall–Kier alpha value is -1.13. The van der Waals surface area contributed by atoms with Gasteiger partial charge >= 0.3 is 0 Å². The maximum absolute atomic E-state index is 11.9. The van der Waals surface area contributed by atoms with Gasteiger partial charge in [-0.1, -0.05) is 12.2 Å². The van der Waals surface area contributed by atoms with Gasteiger partial charge in [-0.3, -0.25) is 9.69 Å². The summed E-state index contributed by atoms with van der Waals surface area (Å²) in [6.07, 6.45) is 4.45. The molecule has 0 saturated carbocycles. The first-order valence-corrected chi connectivity index (χ1v) is 5.65. The molecule has 2 N–H and O–H groups in total. The minimum absolute atomic E-state index is 0.119. The molecule has 16 heavy (non-hydrogen) atoms. The first-order valence-electron chi connectivity index (χ1n) is 5.65. The Morgan fingerprint density at radius 1 is 1.44 bits per heavy atom. The van der Waals surface area contributed by atoms with Crippen LogP contribution in [0.15, 0.2) is 25.3 Å². The summed E-state index contributed by atoms with van der Waals surface area (Å²) in [4.78, 5) is 15.8. The van der Waals surface area contributed by atoms with Gasteiger partial charge < -0.3 is 10.6 Å². The summed E-state index contributed by atoms with van der Waals surface area (Å²) < 4.78 is 0. The van der Waals surface area contributed by atoms with Crippen LogP contribution >= 0.6 is 0 Å². The van der Waals surface area contributed by atoms with Gasteiger partial charge in [-0.05, 0) is 6.42 Å². The van der Waals surface area contributed by atoms with Gasteiger partial charge in [0, 0.05) is 32.2 Å². The molecule has 0 spiro atoms. The van der Waals surface area contributed by atoms with Crippen molar-refractivity contribution in [1.82, 2.24) is 9.80 Å². The van der Waals surface area contributed by atoms with Gasteiger partial charge in [0.2, 0.25) is 5.91 Å². The fourth-order valence-electron chi connectivity index (χ4n) is 1.89. The number of likely N-dealkylation sites (tertiary alicyclic amines) is 1. The van der Waals surface area contributed by atoms with E-state index in [0.717, 1.165) is 19.5 Å². The van der Waals surface area contributed by atoms with Crippen LogP contribution in [0.25, 0.3) is 0 Å². The minimum atomic E-state index is 0.119. The van der Waals surface area contributed by atoms with Crippen molar-refractivity contribution in [2.45, 2.75) is 12.5 Å². The Morgan fingerprint density at radius 2 is 2.06 bits per heavy atom. The van der Waals surface area contributed by atoms with E-state index in [-0.39, 0.29) is 11.9 Å². The Labute approximate surface area is 97.4 Å². The van der Waals surface area contributed by atoms with Crippen molar-refractivity contribution in [3.8, 4) is 0 Å². The number of rotatable bonds is 6. The predicted octanol–water partition coefficient (Wildman–Crippen LogP) is 0.220. The summed E-state index contributed by atoms with van der Waals surface area (Å²) in [7, 11) is 0. The number of nitrogens with zero attached hydrogens (tertiary/aromatic N) is 2. The fraction of sp³-hybridized carbons (Fsp3) is 0.583. The molecule has 1 amide bonds. The summed E-state index contributed by atoms with van der Waals surface area (Å²) in [5, 5.41) is 0. The van der Waals surface area contributed by atoms with Gasteiger partial charge in [0.1, 0.15) is 0 Å². The van der Waals surface area contributed by atoms with Crippen molar-refractivity contribution in [3.63, 3.8) is 0 Å². The van der Waals surface area contributed by atoms with Gasteiger partial charge in [0.15, 0.2) is 0 Å². The highest BCUT2D eigenvalue weighted by molar-refractivity contribution is 5.78. The zero-order valence-corrected chi connectivity index (χ0v) is 9.77. The molecule has 1 aliphatic heterocycles. The third kappa shape index (κ3) is 3.79. The van der Waals surface area contributed by atoms with Gasteiger partial charge in [0.05, 0.1) is 6.54 Å². The van der Waals surface area contributed by atoms with Gasteiger partial charge in [-0.25, -0.2) is 0 Å². The standard InChI is InChI=1S/C12H21N3O/c1-3-6-15(7-4-2)12(16)10-14-8-5-11(13)9-14/h3-4,11H,1-2,5-10,13H2/t11-/m1/s1. The van der Waals surface area contributed by atoms with E-state index in [2.05, 4.69) is 18.1 Å². The van der Waals surface area contributed by atoms with Crippen LogP contribution < -0.4 is 5.73 Å². The third-order valence-corrected chi connectivity index (χ3v) is 2.72. The molecule has 1 aliphatic rings. The summed E-state index contributed by atoms with van der Waals surface area (Å²) >= 11 is 0. The van der Waals surface area contributed by atoms with E-state index in [1.807, 2.05) is 0 Å². The monoisotopic (exact) mass is 223 g/mol. The summed E-state index contributed by atoms with van der Waals surface area (Å²) in [6.45, 7) is 10.6. The smallest absolute Gasteiger partial charge is 0.237 e. The molecule has 0 aromatic carbocycles. The number of hydrogen-bond donors (Lipinski definition) is 1. The van der Waals surface area contributed by atoms with Crippen molar-refractivity contribution in [2.75, 3.05) is 32.7 Å². The molecule has 1 fully saturated rings. The highest BCUT2D eigenvalue weighted by Crippen LogP contribution is 2.07. The van der Waals surface area contributed by atoms with Crippen molar-refractivity contribution >= 4 is 5.91 Å². The lowest BCUT2D eigenvalue weighted by atomic mass is 10.3. The molecule has 1 saturated heterocycles. The second kappa shape index (κ2) is 6.45. The second-order valence-electron chi connectivity index (χ2n) is 4.16. The van der Waals surface area contributed by atoms with Crippen LogP contribution in [-0.4, -0.2) is 54.5 Å². The van der Waals surface area contributed by atoms with Crippen molar-refractivity contribution in [2.24, 2.45) is 5.73 Å². The highest BCUT2D eigenvalue weighted by atomic mass is 16.2. The predicted molar refractivity (Wildman–Crippen MR) is 66.0 cm³/mol. The fourth-order valence-corrected chi connectivity index (χ4v) is 1.89. The molecule has 1 atom stereocenters. The van der Waals surface area contributed by atoms with Crippen LogP contribution in [0.3, 0.4) is 0 Å². The van der Waals surface area contributed by atoms with Gasteiger partial charge in [0.25, 0.3) is 0 Å². The van der Waals surface area contributed by atoms with Crippen LogP contribution in [0, 0.1) is 0 Å². The quantitative estimate of drug-likeness (QED) is 0.655. The Bertz CT molecular complexity index is 255. The molecular formula is C12H21N3O. The maximum atomic E-state index is 11.9. The number of carbonyl (C=O) groups excluding carboxylic acids is 1. The largest absolute Gasteiger partial charge is 0.334 e. The van der Waals surface area contributed by atoms with E-state index in [9.17, 15) is 4.79 Å². The average Bonchev–Trinajstić information content (AvgIpc) is 2.63. The summed E-state index contributed by atoms with van der Waals surface area (Å²) in [5.74, 6) is 0.119. The molecule has 0 aliphatic carbocycles. The highest BCUT2D eigenvalue weighted by Gasteiger charge is 2.22. The lowest BCUT2D eigenvalue weighted by Crippen LogP contribution is -2.40.